The highest BCUT2D eigenvalue weighted by molar-refractivity contribution is 7.92. The van der Waals surface area contributed by atoms with E-state index in [0.29, 0.717) is 18.0 Å². The third-order valence-electron chi connectivity index (χ3n) is 3.46. The van der Waals surface area contributed by atoms with E-state index in [1.807, 2.05) is 0 Å². The Hall–Kier alpha value is -1.76. The molecule has 1 aromatic rings. The van der Waals surface area contributed by atoms with Gasteiger partial charge in [-0.3, -0.25) is 9.10 Å². The lowest BCUT2D eigenvalue weighted by atomic mass is 10.2. The van der Waals surface area contributed by atoms with Crippen molar-refractivity contribution in [2.24, 2.45) is 0 Å². The van der Waals surface area contributed by atoms with Crippen LogP contribution in [0, 0.1) is 0 Å². The molecular formula is C16H26N2O4S. The summed E-state index contributed by atoms with van der Waals surface area (Å²) >= 11 is 0. The summed E-state index contributed by atoms with van der Waals surface area (Å²) in [4.78, 5) is 11.9. The van der Waals surface area contributed by atoms with Gasteiger partial charge in [-0.25, -0.2) is 8.42 Å². The lowest BCUT2D eigenvalue weighted by molar-refractivity contribution is -0.127. The number of hydrogen-bond acceptors (Lipinski definition) is 4. The van der Waals surface area contributed by atoms with Gasteiger partial charge in [0.1, 0.15) is 5.75 Å². The van der Waals surface area contributed by atoms with Crippen molar-refractivity contribution in [3.8, 4) is 5.75 Å². The van der Waals surface area contributed by atoms with Gasteiger partial charge in [0, 0.05) is 13.6 Å². The van der Waals surface area contributed by atoms with Crippen LogP contribution in [0.5, 0.6) is 5.75 Å². The smallest absolute Gasteiger partial charge is 0.260 e. The average molecular weight is 342 g/mol. The van der Waals surface area contributed by atoms with Crippen LogP contribution in [-0.2, 0) is 14.8 Å². The van der Waals surface area contributed by atoms with Gasteiger partial charge in [-0.1, -0.05) is 19.8 Å². The first kappa shape index (κ1) is 19.3. The Labute approximate surface area is 138 Å². The van der Waals surface area contributed by atoms with E-state index in [1.165, 1.54) is 11.4 Å². The zero-order chi connectivity index (χ0) is 17.5. The molecule has 0 aromatic heterocycles. The number of anilines is 1. The molecular weight excluding hydrogens is 316 g/mol. The standard InChI is InChI=1S/C16H26N2O4S/c1-5-6-7-12-17-16(19)13(2)22-15-10-8-14(9-11-15)18(3)23(4,20)21/h8-11,13H,5-7,12H2,1-4H3,(H,17,19)/t13-/m1/s1. The summed E-state index contributed by atoms with van der Waals surface area (Å²) < 4.78 is 29.7. The van der Waals surface area contributed by atoms with Crippen LogP contribution in [-0.4, -0.2) is 40.3 Å². The predicted octanol–water partition coefficient (Wildman–Crippen LogP) is 2.16. The van der Waals surface area contributed by atoms with Crippen molar-refractivity contribution in [3.05, 3.63) is 24.3 Å². The minimum absolute atomic E-state index is 0.154. The maximum absolute atomic E-state index is 11.9. The largest absolute Gasteiger partial charge is 0.481 e. The van der Waals surface area contributed by atoms with Crippen LogP contribution >= 0.6 is 0 Å². The van der Waals surface area contributed by atoms with Gasteiger partial charge < -0.3 is 10.1 Å². The maximum Gasteiger partial charge on any atom is 0.260 e. The molecule has 0 fully saturated rings. The van der Waals surface area contributed by atoms with Gasteiger partial charge >= 0.3 is 0 Å². The molecule has 6 nitrogen and oxygen atoms in total. The first-order valence-electron chi connectivity index (χ1n) is 7.74. The summed E-state index contributed by atoms with van der Waals surface area (Å²) in [5.74, 6) is 0.366. The molecule has 1 atom stereocenters. The van der Waals surface area contributed by atoms with Gasteiger partial charge in [0.2, 0.25) is 10.0 Å². The number of carbonyl (C=O) groups excluding carboxylic acids is 1. The molecule has 1 aromatic carbocycles. The normalized spacial score (nSPS) is 12.5. The Kier molecular flexibility index (Phi) is 7.35. The predicted molar refractivity (Wildman–Crippen MR) is 92.3 cm³/mol. The highest BCUT2D eigenvalue weighted by Crippen LogP contribution is 2.21. The minimum Gasteiger partial charge on any atom is -0.481 e. The zero-order valence-electron chi connectivity index (χ0n) is 14.2. The summed E-state index contributed by atoms with van der Waals surface area (Å²) in [6, 6.07) is 6.58. The van der Waals surface area contributed by atoms with Crippen molar-refractivity contribution in [1.29, 1.82) is 0 Å². The average Bonchev–Trinajstić information content (AvgIpc) is 2.50. The molecule has 0 unspecified atom stereocenters. The first-order valence-corrected chi connectivity index (χ1v) is 9.59. The number of carbonyl (C=O) groups is 1. The van der Waals surface area contributed by atoms with Crippen LogP contribution in [0.25, 0.3) is 0 Å². The van der Waals surface area contributed by atoms with Crippen LogP contribution in [0.1, 0.15) is 33.1 Å². The summed E-state index contributed by atoms with van der Waals surface area (Å²) in [6.45, 7) is 4.45. The molecule has 0 saturated carbocycles. The third-order valence-corrected chi connectivity index (χ3v) is 4.67. The van der Waals surface area contributed by atoms with Gasteiger partial charge in [-0.05, 0) is 37.6 Å². The summed E-state index contributed by atoms with van der Waals surface area (Å²) in [7, 11) is -1.81. The molecule has 0 aliphatic carbocycles. The number of sulfonamides is 1. The number of rotatable bonds is 9. The van der Waals surface area contributed by atoms with E-state index < -0.39 is 16.1 Å². The Morgan fingerprint density at radius 3 is 2.39 bits per heavy atom. The lowest BCUT2D eigenvalue weighted by Crippen LogP contribution is -2.36. The fourth-order valence-electron chi connectivity index (χ4n) is 1.91. The van der Waals surface area contributed by atoms with E-state index in [1.54, 1.807) is 31.2 Å². The fraction of sp³-hybridized carbons (Fsp3) is 0.562. The summed E-state index contributed by atoms with van der Waals surface area (Å²) in [6.07, 6.45) is 3.69. The Morgan fingerprint density at radius 1 is 1.26 bits per heavy atom. The highest BCUT2D eigenvalue weighted by atomic mass is 32.2. The van der Waals surface area contributed by atoms with Crippen molar-refractivity contribution in [3.63, 3.8) is 0 Å². The van der Waals surface area contributed by atoms with Gasteiger partial charge in [-0.15, -0.1) is 0 Å². The van der Waals surface area contributed by atoms with E-state index in [0.717, 1.165) is 25.5 Å². The van der Waals surface area contributed by atoms with Crippen molar-refractivity contribution in [2.75, 3.05) is 24.2 Å². The SMILES string of the molecule is CCCCCNC(=O)[C@@H](C)Oc1ccc(N(C)S(C)(=O)=O)cc1. The molecule has 0 bridgehead atoms. The zero-order valence-corrected chi connectivity index (χ0v) is 15.0. The van der Waals surface area contributed by atoms with E-state index >= 15 is 0 Å². The fourth-order valence-corrected chi connectivity index (χ4v) is 2.42. The molecule has 1 rings (SSSR count). The van der Waals surface area contributed by atoms with Gasteiger partial charge in [0.15, 0.2) is 6.10 Å². The molecule has 0 saturated heterocycles. The van der Waals surface area contributed by atoms with E-state index in [4.69, 9.17) is 4.74 Å². The quantitative estimate of drug-likeness (QED) is 0.698. The van der Waals surface area contributed by atoms with Crippen LogP contribution in [0.4, 0.5) is 5.69 Å². The molecule has 7 heteroatoms. The van der Waals surface area contributed by atoms with Crippen molar-refractivity contribution >= 4 is 21.6 Å². The second kappa shape index (κ2) is 8.76. The van der Waals surface area contributed by atoms with Crippen LogP contribution < -0.4 is 14.4 Å². The van der Waals surface area contributed by atoms with E-state index in [-0.39, 0.29) is 5.91 Å². The highest BCUT2D eigenvalue weighted by Gasteiger charge is 2.15. The molecule has 23 heavy (non-hydrogen) atoms. The summed E-state index contributed by atoms with van der Waals surface area (Å²) in [5, 5.41) is 2.84. The molecule has 0 spiro atoms. The van der Waals surface area contributed by atoms with Crippen LogP contribution in [0.2, 0.25) is 0 Å². The van der Waals surface area contributed by atoms with Gasteiger partial charge in [0.05, 0.1) is 11.9 Å². The second-order valence-electron chi connectivity index (χ2n) is 5.48. The molecule has 0 heterocycles. The van der Waals surface area contributed by atoms with Gasteiger partial charge in [0.25, 0.3) is 5.91 Å². The Balaban J connectivity index is 2.56. The van der Waals surface area contributed by atoms with Crippen LogP contribution in [0.3, 0.4) is 0 Å². The number of hydrogen-bond donors (Lipinski definition) is 1. The monoisotopic (exact) mass is 342 g/mol. The Morgan fingerprint density at radius 2 is 1.87 bits per heavy atom. The topological polar surface area (TPSA) is 75.7 Å². The van der Waals surface area contributed by atoms with Crippen molar-refractivity contribution in [2.45, 2.75) is 39.2 Å². The maximum atomic E-state index is 11.9. The third kappa shape index (κ3) is 6.48. The molecule has 0 aliphatic rings. The molecule has 1 N–H and O–H groups in total. The first-order chi connectivity index (χ1) is 10.8. The van der Waals surface area contributed by atoms with Crippen LogP contribution in [0.15, 0.2) is 24.3 Å². The second-order valence-corrected chi connectivity index (χ2v) is 7.50. The molecule has 0 aliphatic heterocycles. The van der Waals surface area contributed by atoms with Crippen molar-refractivity contribution in [1.82, 2.24) is 5.32 Å². The molecule has 130 valence electrons. The number of unbranched alkanes of at least 4 members (excludes halogenated alkanes) is 2. The van der Waals surface area contributed by atoms with Gasteiger partial charge in [-0.2, -0.15) is 0 Å². The summed E-state index contributed by atoms with van der Waals surface area (Å²) in [5.41, 5.74) is 0.538. The molecule has 1 amide bonds. The number of ether oxygens (including phenoxy) is 1. The number of nitrogens with one attached hydrogen (secondary N) is 1. The van der Waals surface area contributed by atoms with E-state index in [2.05, 4.69) is 12.2 Å². The number of amides is 1. The van der Waals surface area contributed by atoms with Crippen molar-refractivity contribution < 1.29 is 17.9 Å². The minimum atomic E-state index is -3.29. The number of benzene rings is 1. The number of nitrogens with zero attached hydrogens (tertiary/aromatic N) is 1. The molecule has 0 radical (unpaired) electrons. The van der Waals surface area contributed by atoms with E-state index in [9.17, 15) is 13.2 Å². The Bertz CT molecular complexity index is 599. The lowest BCUT2D eigenvalue weighted by Gasteiger charge is -2.18.